The Balaban J connectivity index is 0.000000222. The molecule has 3 aromatic rings. The largest absolute Gasteiger partial charge is 0.416 e. The highest BCUT2D eigenvalue weighted by molar-refractivity contribution is 6.10. The van der Waals surface area contributed by atoms with Crippen LogP contribution in [0.3, 0.4) is 0 Å². The molecule has 0 bridgehead atoms. The first-order valence-electron chi connectivity index (χ1n) is 13.0. The summed E-state index contributed by atoms with van der Waals surface area (Å²) in [7, 11) is 2.01. The van der Waals surface area contributed by atoms with Gasteiger partial charge in [0, 0.05) is 43.0 Å². The lowest BCUT2D eigenvalue weighted by molar-refractivity contribution is -0.138. The number of carbonyl (C=O) groups is 1. The summed E-state index contributed by atoms with van der Waals surface area (Å²) in [6.07, 6.45) is 1.98. The monoisotopic (exact) mass is 527 g/mol. The summed E-state index contributed by atoms with van der Waals surface area (Å²) in [5.41, 5.74) is 0.773. The molecule has 3 heterocycles. The average Bonchev–Trinajstić information content (AvgIpc) is 3.63. The highest BCUT2D eigenvalue weighted by atomic mass is 19.4. The number of aromatic nitrogens is 3. The van der Waals surface area contributed by atoms with Gasteiger partial charge in [-0.1, -0.05) is 13.0 Å². The third-order valence-electron chi connectivity index (χ3n) is 7.69. The van der Waals surface area contributed by atoms with Gasteiger partial charge in [0.05, 0.1) is 18.7 Å². The van der Waals surface area contributed by atoms with Crippen LogP contribution in [0, 0.1) is 5.92 Å². The molecule has 1 amide bonds. The number of hydrogen-bond donors (Lipinski definition) is 1. The molecule has 2 aliphatic heterocycles. The van der Waals surface area contributed by atoms with Gasteiger partial charge in [-0.3, -0.25) is 4.79 Å². The molecule has 2 aromatic carbocycles. The summed E-state index contributed by atoms with van der Waals surface area (Å²) in [4.78, 5) is 16.4. The number of fused-ring (bicyclic) bond motifs is 1. The number of rotatable bonds is 4. The van der Waals surface area contributed by atoms with Crippen LogP contribution in [0.15, 0.2) is 42.7 Å². The van der Waals surface area contributed by atoms with Gasteiger partial charge in [-0.2, -0.15) is 13.2 Å². The molecule has 0 radical (unpaired) electrons. The summed E-state index contributed by atoms with van der Waals surface area (Å²) >= 11 is 0. The van der Waals surface area contributed by atoms with E-state index in [-0.39, 0.29) is 23.2 Å². The van der Waals surface area contributed by atoms with Crippen LogP contribution in [0.1, 0.15) is 71.4 Å². The van der Waals surface area contributed by atoms with Crippen molar-refractivity contribution in [3.63, 3.8) is 0 Å². The average molecular weight is 528 g/mol. The zero-order valence-electron chi connectivity index (χ0n) is 21.6. The first-order valence-corrected chi connectivity index (χ1v) is 13.0. The maximum absolute atomic E-state index is 13.5. The lowest BCUT2D eigenvalue weighted by Crippen LogP contribution is -2.24. The lowest BCUT2D eigenvalue weighted by atomic mass is 9.76. The fourth-order valence-electron chi connectivity index (χ4n) is 5.63. The van der Waals surface area contributed by atoms with Crippen LogP contribution < -0.4 is 9.80 Å². The first-order chi connectivity index (χ1) is 18.2. The number of benzene rings is 2. The topological polar surface area (TPSA) is 74.5 Å². The fourth-order valence-corrected chi connectivity index (χ4v) is 5.63. The number of anilines is 2. The number of halogens is 3. The zero-order chi connectivity index (χ0) is 27.0. The highest BCUT2D eigenvalue weighted by Gasteiger charge is 2.40. The van der Waals surface area contributed by atoms with Gasteiger partial charge < -0.3 is 19.5 Å². The Morgan fingerprint density at radius 1 is 1.08 bits per heavy atom. The predicted molar refractivity (Wildman–Crippen MR) is 138 cm³/mol. The van der Waals surface area contributed by atoms with Crippen molar-refractivity contribution in [2.24, 2.45) is 13.0 Å². The normalized spacial score (nSPS) is 20.7. The highest BCUT2D eigenvalue weighted by Crippen LogP contribution is 2.41. The van der Waals surface area contributed by atoms with E-state index in [4.69, 9.17) is 0 Å². The van der Waals surface area contributed by atoms with Crippen LogP contribution >= 0.6 is 0 Å². The molecule has 1 aromatic heterocycles. The van der Waals surface area contributed by atoms with Crippen LogP contribution in [0.4, 0.5) is 24.5 Å². The van der Waals surface area contributed by atoms with E-state index < -0.39 is 24.3 Å². The molecule has 38 heavy (non-hydrogen) atoms. The molecule has 0 atom stereocenters. The van der Waals surface area contributed by atoms with Crippen LogP contribution in [-0.2, 0) is 26.4 Å². The van der Waals surface area contributed by atoms with E-state index in [1.165, 1.54) is 23.8 Å². The first kappa shape index (κ1) is 26.2. The third-order valence-corrected chi connectivity index (χ3v) is 7.69. The predicted octanol–water partition coefficient (Wildman–Crippen LogP) is 5.29. The molecular weight excluding hydrogens is 495 g/mol. The maximum Gasteiger partial charge on any atom is 0.416 e. The second-order valence-corrected chi connectivity index (χ2v) is 10.5. The Bertz CT molecular complexity index is 1310. The molecular formula is C28H32F3N5O2. The number of alkyl halides is 3. The van der Waals surface area contributed by atoms with Crippen molar-refractivity contribution in [1.82, 2.24) is 14.8 Å². The smallest absolute Gasteiger partial charge is 0.392 e. The van der Waals surface area contributed by atoms with E-state index in [9.17, 15) is 23.1 Å². The van der Waals surface area contributed by atoms with E-state index in [0.29, 0.717) is 11.6 Å². The van der Waals surface area contributed by atoms with Crippen molar-refractivity contribution < 1.29 is 23.1 Å². The fraction of sp³-hybridized carbons (Fsp3) is 0.464. The standard InChI is InChI=1S/C20H19F3N2O2.C8H13N3/c21-20(22,23)18-9-13(12-26)8-16-17(18)11-25(19(16)27)15-5-3-4-14(10-15)24-6-1-2-7-24;1-6-3-7(4-6)8-10-9-5-11(8)2/h3-5,8-10,26H,1-2,6-7,11-12H2;5-7H,3-4H2,1-2H3. The van der Waals surface area contributed by atoms with Gasteiger partial charge in [0.25, 0.3) is 5.91 Å². The molecule has 7 nitrogen and oxygen atoms in total. The van der Waals surface area contributed by atoms with Crippen LogP contribution in [-0.4, -0.2) is 38.9 Å². The number of carbonyl (C=O) groups excluding carboxylic acids is 1. The van der Waals surface area contributed by atoms with Gasteiger partial charge in [0.1, 0.15) is 12.2 Å². The Hall–Kier alpha value is -3.40. The van der Waals surface area contributed by atoms with Crippen LogP contribution in [0.2, 0.25) is 0 Å². The minimum Gasteiger partial charge on any atom is -0.392 e. The number of aliphatic hydroxyl groups is 1. The molecule has 1 aliphatic carbocycles. The Morgan fingerprint density at radius 2 is 1.79 bits per heavy atom. The summed E-state index contributed by atoms with van der Waals surface area (Å²) in [6, 6.07) is 9.66. The van der Waals surface area contributed by atoms with E-state index >= 15 is 0 Å². The molecule has 0 spiro atoms. The number of aliphatic hydroxyl groups excluding tert-OH is 1. The molecule has 10 heteroatoms. The number of hydrogen-bond acceptors (Lipinski definition) is 5. The number of amides is 1. The summed E-state index contributed by atoms with van der Waals surface area (Å²) in [5, 5.41) is 17.2. The van der Waals surface area contributed by atoms with E-state index in [1.54, 1.807) is 12.4 Å². The zero-order valence-corrected chi connectivity index (χ0v) is 21.6. The molecule has 1 N–H and O–H groups in total. The minimum atomic E-state index is -4.58. The maximum atomic E-state index is 13.5. The molecule has 0 unspecified atom stereocenters. The molecule has 202 valence electrons. The van der Waals surface area contributed by atoms with Gasteiger partial charge in [-0.05, 0) is 73.1 Å². The lowest BCUT2D eigenvalue weighted by Gasteiger charge is -2.31. The van der Waals surface area contributed by atoms with Crippen molar-refractivity contribution in [3.05, 3.63) is 70.8 Å². The van der Waals surface area contributed by atoms with Crippen molar-refractivity contribution in [2.45, 2.75) is 57.9 Å². The summed E-state index contributed by atoms with van der Waals surface area (Å²) in [6.45, 7) is 3.49. The minimum absolute atomic E-state index is 0.0143. The second-order valence-electron chi connectivity index (χ2n) is 10.5. The third kappa shape index (κ3) is 5.14. The number of nitrogens with zero attached hydrogens (tertiary/aromatic N) is 5. The number of aryl methyl sites for hydroxylation is 1. The van der Waals surface area contributed by atoms with Crippen molar-refractivity contribution in [2.75, 3.05) is 22.9 Å². The molecule has 1 saturated heterocycles. The van der Waals surface area contributed by atoms with Gasteiger partial charge in [0.15, 0.2) is 0 Å². The summed E-state index contributed by atoms with van der Waals surface area (Å²) in [5.74, 6) is 2.25. The SMILES string of the molecule is CC1CC(c2nncn2C)C1.O=C1c2cc(CO)cc(C(F)(F)F)c2CN1c1cccc(N2CCCC2)c1. The van der Waals surface area contributed by atoms with Gasteiger partial charge in [-0.25, -0.2) is 0 Å². The van der Waals surface area contributed by atoms with Crippen molar-refractivity contribution in [1.29, 1.82) is 0 Å². The Kier molecular flexibility index (Phi) is 7.17. The molecule has 6 rings (SSSR count). The molecule has 1 saturated carbocycles. The van der Waals surface area contributed by atoms with E-state index in [1.807, 2.05) is 29.8 Å². The van der Waals surface area contributed by atoms with Crippen LogP contribution in [0.5, 0.6) is 0 Å². The van der Waals surface area contributed by atoms with Gasteiger partial charge in [0.2, 0.25) is 0 Å². The Labute approximate surface area is 219 Å². The second kappa shape index (κ2) is 10.4. The Morgan fingerprint density at radius 3 is 2.39 bits per heavy atom. The molecule has 2 fully saturated rings. The van der Waals surface area contributed by atoms with Crippen molar-refractivity contribution >= 4 is 17.3 Å². The van der Waals surface area contributed by atoms with Crippen molar-refractivity contribution in [3.8, 4) is 0 Å². The summed E-state index contributed by atoms with van der Waals surface area (Å²) < 4.78 is 42.4. The van der Waals surface area contributed by atoms with E-state index in [0.717, 1.165) is 49.4 Å². The quantitative estimate of drug-likeness (QED) is 0.499. The van der Waals surface area contributed by atoms with Gasteiger partial charge >= 0.3 is 6.18 Å². The molecule has 3 aliphatic rings. The van der Waals surface area contributed by atoms with E-state index in [2.05, 4.69) is 22.0 Å². The van der Waals surface area contributed by atoms with Crippen LogP contribution in [0.25, 0.3) is 0 Å². The van der Waals surface area contributed by atoms with Gasteiger partial charge in [-0.15, -0.1) is 10.2 Å².